The van der Waals surface area contributed by atoms with E-state index in [1.54, 1.807) is 11.0 Å². The fraction of sp³-hybridized carbons (Fsp3) is 0.188. The monoisotopic (exact) mass is 270 g/mol. The lowest BCUT2D eigenvalue weighted by atomic mass is 10.1. The number of carbonyl (C=O) groups is 1. The number of aryl methyl sites for hydroxylation is 1. The molecule has 0 saturated carbocycles. The molecule has 20 heavy (non-hydrogen) atoms. The van der Waals surface area contributed by atoms with Crippen LogP contribution in [0.1, 0.15) is 22.7 Å². The van der Waals surface area contributed by atoms with E-state index in [0.29, 0.717) is 17.8 Å². The number of halogens is 1. The van der Waals surface area contributed by atoms with Crippen LogP contribution in [0.4, 0.5) is 10.1 Å². The second-order valence-corrected chi connectivity index (χ2v) is 5.09. The van der Waals surface area contributed by atoms with E-state index in [0.717, 1.165) is 5.56 Å². The van der Waals surface area contributed by atoms with Crippen molar-refractivity contribution in [1.29, 1.82) is 0 Å². The molecule has 0 bridgehead atoms. The molecule has 0 saturated heterocycles. The Morgan fingerprint density at radius 2 is 1.90 bits per heavy atom. The molecular weight excluding hydrogens is 255 g/mol. The first-order valence-electron chi connectivity index (χ1n) is 6.48. The molecule has 2 aromatic carbocycles. The number of carbonyl (C=O) groups excluding carboxylic acids is 1. The lowest BCUT2D eigenvalue weighted by molar-refractivity contribution is -0.119. The van der Waals surface area contributed by atoms with Crippen LogP contribution in [0.3, 0.4) is 0 Å². The van der Waals surface area contributed by atoms with Crippen molar-refractivity contribution in [2.24, 2.45) is 5.73 Å². The van der Waals surface area contributed by atoms with E-state index in [-0.39, 0.29) is 11.7 Å². The fourth-order valence-corrected chi connectivity index (χ4v) is 2.48. The zero-order chi connectivity index (χ0) is 14.3. The Kier molecular flexibility index (Phi) is 3.03. The van der Waals surface area contributed by atoms with Gasteiger partial charge in [0.25, 0.3) is 0 Å². The Balaban J connectivity index is 1.95. The second kappa shape index (κ2) is 4.72. The van der Waals surface area contributed by atoms with Crippen LogP contribution < -0.4 is 10.6 Å². The van der Waals surface area contributed by atoms with Crippen LogP contribution in [-0.4, -0.2) is 5.91 Å². The van der Waals surface area contributed by atoms with Gasteiger partial charge >= 0.3 is 0 Å². The molecule has 1 heterocycles. The summed E-state index contributed by atoms with van der Waals surface area (Å²) in [6, 6.07) is 11.5. The topological polar surface area (TPSA) is 46.3 Å². The highest BCUT2D eigenvalue weighted by molar-refractivity contribution is 6.04. The van der Waals surface area contributed by atoms with Crippen LogP contribution in [0, 0.1) is 12.7 Å². The average Bonchev–Trinajstić information content (AvgIpc) is 2.66. The summed E-state index contributed by atoms with van der Waals surface area (Å²) < 4.78 is 13.3. The van der Waals surface area contributed by atoms with Gasteiger partial charge in [-0.3, -0.25) is 4.79 Å². The van der Waals surface area contributed by atoms with Crippen LogP contribution >= 0.6 is 0 Å². The van der Waals surface area contributed by atoms with Crippen LogP contribution in [0.15, 0.2) is 42.5 Å². The summed E-state index contributed by atoms with van der Waals surface area (Å²) in [6.45, 7) is 2.46. The standard InChI is InChI=1S/C16H15FN2O/c1-10-2-4-11(5-3-10)9-19-14-7-6-12(17)8-13(14)15(18)16(19)20/h2-8,15H,9,18H2,1H3. The summed E-state index contributed by atoms with van der Waals surface area (Å²) in [5.41, 5.74) is 9.31. The number of anilines is 1. The van der Waals surface area contributed by atoms with Crippen molar-refractivity contribution in [3.8, 4) is 0 Å². The van der Waals surface area contributed by atoms with Crippen LogP contribution in [-0.2, 0) is 11.3 Å². The van der Waals surface area contributed by atoms with Gasteiger partial charge in [0.1, 0.15) is 11.9 Å². The molecule has 1 atom stereocenters. The number of benzene rings is 2. The maximum absolute atomic E-state index is 13.3. The van der Waals surface area contributed by atoms with Crippen molar-refractivity contribution in [2.45, 2.75) is 19.5 Å². The van der Waals surface area contributed by atoms with E-state index in [4.69, 9.17) is 5.73 Å². The number of nitrogens with zero attached hydrogens (tertiary/aromatic N) is 1. The Labute approximate surface area is 116 Å². The Bertz CT molecular complexity index is 667. The van der Waals surface area contributed by atoms with E-state index in [2.05, 4.69) is 0 Å². The normalized spacial score (nSPS) is 17.4. The number of fused-ring (bicyclic) bond motifs is 1. The Morgan fingerprint density at radius 3 is 2.60 bits per heavy atom. The zero-order valence-electron chi connectivity index (χ0n) is 11.1. The summed E-state index contributed by atoms with van der Waals surface area (Å²) in [5.74, 6) is -0.560. The van der Waals surface area contributed by atoms with Crippen molar-refractivity contribution < 1.29 is 9.18 Å². The van der Waals surface area contributed by atoms with Gasteiger partial charge in [0, 0.05) is 11.3 Å². The fourth-order valence-electron chi connectivity index (χ4n) is 2.48. The predicted molar refractivity (Wildman–Crippen MR) is 75.7 cm³/mol. The van der Waals surface area contributed by atoms with Gasteiger partial charge in [-0.15, -0.1) is 0 Å². The third-order valence-corrected chi connectivity index (χ3v) is 3.61. The van der Waals surface area contributed by atoms with Crippen molar-refractivity contribution in [2.75, 3.05) is 4.90 Å². The first kappa shape index (κ1) is 12.8. The lowest BCUT2D eigenvalue weighted by Gasteiger charge is -2.17. The van der Waals surface area contributed by atoms with Gasteiger partial charge in [-0.1, -0.05) is 29.8 Å². The molecule has 3 nitrogen and oxygen atoms in total. The van der Waals surface area contributed by atoms with Gasteiger partial charge in [-0.2, -0.15) is 0 Å². The zero-order valence-corrected chi connectivity index (χ0v) is 11.1. The van der Waals surface area contributed by atoms with E-state index in [1.165, 1.54) is 17.7 Å². The van der Waals surface area contributed by atoms with Crippen LogP contribution in [0.25, 0.3) is 0 Å². The minimum Gasteiger partial charge on any atom is -0.316 e. The quantitative estimate of drug-likeness (QED) is 0.912. The van der Waals surface area contributed by atoms with Gasteiger partial charge < -0.3 is 10.6 Å². The first-order chi connectivity index (χ1) is 9.56. The summed E-state index contributed by atoms with van der Waals surface area (Å²) in [6.07, 6.45) is 0. The maximum atomic E-state index is 13.3. The minimum absolute atomic E-state index is 0.189. The molecule has 102 valence electrons. The average molecular weight is 270 g/mol. The van der Waals surface area contributed by atoms with Crippen molar-refractivity contribution in [3.05, 3.63) is 65.0 Å². The molecule has 2 N–H and O–H groups in total. The number of amides is 1. The van der Waals surface area contributed by atoms with E-state index < -0.39 is 6.04 Å². The highest BCUT2D eigenvalue weighted by Gasteiger charge is 2.34. The summed E-state index contributed by atoms with van der Waals surface area (Å²) in [4.78, 5) is 13.8. The summed E-state index contributed by atoms with van der Waals surface area (Å²) >= 11 is 0. The molecule has 0 aliphatic carbocycles. The smallest absolute Gasteiger partial charge is 0.248 e. The van der Waals surface area contributed by atoms with Crippen molar-refractivity contribution >= 4 is 11.6 Å². The second-order valence-electron chi connectivity index (χ2n) is 5.09. The Morgan fingerprint density at radius 1 is 1.20 bits per heavy atom. The van der Waals surface area contributed by atoms with E-state index in [1.807, 2.05) is 31.2 Å². The number of rotatable bonds is 2. The summed E-state index contributed by atoms with van der Waals surface area (Å²) in [5, 5.41) is 0. The van der Waals surface area contributed by atoms with Gasteiger partial charge in [0.05, 0.1) is 6.54 Å². The lowest BCUT2D eigenvalue weighted by Crippen LogP contribution is -2.31. The molecule has 0 spiro atoms. The van der Waals surface area contributed by atoms with Crippen molar-refractivity contribution in [3.63, 3.8) is 0 Å². The SMILES string of the molecule is Cc1ccc(CN2C(=O)C(N)c3cc(F)ccc32)cc1. The van der Waals surface area contributed by atoms with Gasteiger partial charge in [0.2, 0.25) is 5.91 Å². The first-order valence-corrected chi connectivity index (χ1v) is 6.48. The molecule has 1 amide bonds. The number of hydrogen-bond acceptors (Lipinski definition) is 2. The molecule has 0 radical (unpaired) electrons. The van der Waals surface area contributed by atoms with Gasteiger partial charge in [-0.05, 0) is 30.7 Å². The molecule has 4 heteroatoms. The molecular formula is C16H15FN2O. The molecule has 1 aliphatic heterocycles. The molecule has 2 aromatic rings. The third-order valence-electron chi connectivity index (χ3n) is 3.61. The Hall–Kier alpha value is -2.20. The number of hydrogen-bond donors (Lipinski definition) is 1. The minimum atomic E-state index is -0.772. The van der Waals surface area contributed by atoms with Crippen molar-refractivity contribution in [1.82, 2.24) is 0 Å². The van der Waals surface area contributed by atoms with Crippen LogP contribution in [0.2, 0.25) is 0 Å². The predicted octanol–water partition coefficient (Wildman–Crippen LogP) is 2.68. The maximum Gasteiger partial charge on any atom is 0.248 e. The number of nitrogens with two attached hydrogens (primary N) is 1. The summed E-state index contributed by atoms with van der Waals surface area (Å²) in [7, 11) is 0. The molecule has 0 aromatic heterocycles. The highest BCUT2D eigenvalue weighted by Crippen LogP contribution is 2.35. The molecule has 1 aliphatic rings. The molecule has 1 unspecified atom stereocenters. The largest absolute Gasteiger partial charge is 0.316 e. The molecule has 0 fully saturated rings. The van der Waals surface area contributed by atoms with Gasteiger partial charge in [0.15, 0.2) is 0 Å². The highest BCUT2D eigenvalue weighted by atomic mass is 19.1. The van der Waals surface area contributed by atoms with E-state index >= 15 is 0 Å². The third kappa shape index (κ3) is 2.08. The van der Waals surface area contributed by atoms with Gasteiger partial charge in [-0.25, -0.2) is 4.39 Å². The van der Waals surface area contributed by atoms with Crippen LogP contribution in [0.5, 0.6) is 0 Å². The molecule has 3 rings (SSSR count). The van der Waals surface area contributed by atoms with E-state index in [9.17, 15) is 9.18 Å².